The Kier molecular flexibility index (Phi) is 3.81. The molecule has 1 aromatic rings. The second kappa shape index (κ2) is 5.73. The third kappa shape index (κ3) is 2.60. The molecular weight excluding hydrogens is 290 g/mol. The molecule has 0 aromatic heterocycles. The summed E-state index contributed by atoms with van der Waals surface area (Å²) in [4.78, 5) is 0. The van der Waals surface area contributed by atoms with Gasteiger partial charge in [-0.3, -0.25) is 0 Å². The number of hydrogen-bond acceptors (Lipinski definition) is 3. The number of halogens is 1. The van der Waals surface area contributed by atoms with Gasteiger partial charge in [0.05, 0.1) is 17.1 Å². The quantitative estimate of drug-likeness (QED) is 0.721. The molecule has 2 aliphatic rings. The van der Waals surface area contributed by atoms with Crippen LogP contribution in [0.3, 0.4) is 0 Å². The molecule has 102 valence electrons. The number of nitrogens with one attached hydrogen (secondary N) is 1. The van der Waals surface area contributed by atoms with E-state index in [1.807, 2.05) is 18.2 Å². The third-order valence-electron chi connectivity index (χ3n) is 3.20. The molecule has 0 bridgehead atoms. The number of fused-ring (bicyclic) bond motifs is 1. The molecule has 1 N–H and O–H groups in total. The second-order valence-electron chi connectivity index (χ2n) is 4.47. The van der Waals surface area contributed by atoms with Gasteiger partial charge in [0.2, 0.25) is 0 Å². The highest BCUT2D eigenvalue weighted by molar-refractivity contribution is 7.14. The number of hydrogen-bond donors (Lipinski definition) is 1. The number of anilines is 1. The monoisotopic (exact) mass is 303 g/mol. The SMILES string of the molecule is COc1ccc(CNc2sccc3cccc2-3)cc1Cl. The van der Waals surface area contributed by atoms with Crippen LogP contribution in [-0.4, -0.2) is 7.11 Å². The maximum atomic E-state index is 6.14. The van der Waals surface area contributed by atoms with Crippen LogP contribution in [0.5, 0.6) is 5.75 Å². The second-order valence-corrected chi connectivity index (χ2v) is 5.79. The Morgan fingerprint density at radius 1 is 1.20 bits per heavy atom. The first-order valence-electron chi connectivity index (χ1n) is 6.30. The molecular formula is C16H14ClNOS. The fourth-order valence-corrected chi connectivity index (χ4v) is 3.26. The van der Waals surface area contributed by atoms with E-state index in [0.717, 1.165) is 12.1 Å². The van der Waals surface area contributed by atoms with Gasteiger partial charge in [-0.25, -0.2) is 0 Å². The lowest BCUT2D eigenvalue weighted by molar-refractivity contribution is 0.415. The summed E-state index contributed by atoms with van der Waals surface area (Å²) in [5.74, 6) is 0.705. The molecule has 0 saturated carbocycles. The Bertz CT molecular complexity index is 695. The molecule has 0 spiro atoms. The standard InChI is InChI=1S/C16H14ClNOS/c1-19-15-6-5-11(9-14(15)17)10-18-16-13-4-2-3-12(13)7-8-20-16/h2-9,18H,10H2,1H3. The molecule has 0 fully saturated rings. The molecule has 0 unspecified atom stereocenters. The summed E-state index contributed by atoms with van der Waals surface area (Å²) in [6.07, 6.45) is 0. The van der Waals surface area contributed by atoms with Crippen LogP contribution in [0.15, 0.2) is 47.8 Å². The normalized spacial score (nSPS) is 10.7. The molecule has 0 atom stereocenters. The van der Waals surface area contributed by atoms with Crippen LogP contribution in [-0.2, 0) is 6.54 Å². The van der Waals surface area contributed by atoms with E-state index in [9.17, 15) is 0 Å². The predicted octanol–water partition coefficient (Wildman–Crippen LogP) is 5.13. The highest BCUT2D eigenvalue weighted by atomic mass is 35.5. The van der Waals surface area contributed by atoms with Gasteiger partial charge in [0.1, 0.15) is 5.75 Å². The Balaban J connectivity index is 1.77. The zero-order chi connectivity index (χ0) is 13.9. The largest absolute Gasteiger partial charge is 0.495 e. The molecule has 1 aromatic carbocycles. The minimum Gasteiger partial charge on any atom is -0.495 e. The third-order valence-corrected chi connectivity index (χ3v) is 4.36. The van der Waals surface area contributed by atoms with Gasteiger partial charge < -0.3 is 10.1 Å². The molecule has 2 nitrogen and oxygen atoms in total. The van der Waals surface area contributed by atoms with Crippen LogP contribution in [0.2, 0.25) is 5.02 Å². The van der Waals surface area contributed by atoms with Crippen LogP contribution >= 0.6 is 22.9 Å². The highest BCUT2D eigenvalue weighted by Gasteiger charge is 2.08. The summed E-state index contributed by atoms with van der Waals surface area (Å²) in [5.41, 5.74) is 3.66. The predicted molar refractivity (Wildman–Crippen MR) is 86.3 cm³/mol. The van der Waals surface area contributed by atoms with Crippen molar-refractivity contribution in [2.45, 2.75) is 6.54 Å². The minimum atomic E-state index is 0.641. The number of ether oxygens (including phenoxy) is 1. The summed E-state index contributed by atoms with van der Waals surface area (Å²) < 4.78 is 5.16. The van der Waals surface area contributed by atoms with Crippen molar-refractivity contribution in [2.75, 3.05) is 12.4 Å². The maximum Gasteiger partial charge on any atom is 0.137 e. The van der Waals surface area contributed by atoms with Gasteiger partial charge in [0, 0.05) is 12.1 Å². The lowest BCUT2D eigenvalue weighted by Gasteiger charge is -2.11. The van der Waals surface area contributed by atoms with Gasteiger partial charge in [0.25, 0.3) is 0 Å². The van der Waals surface area contributed by atoms with Crippen molar-refractivity contribution in [1.82, 2.24) is 0 Å². The van der Waals surface area contributed by atoms with E-state index in [-0.39, 0.29) is 0 Å². The first-order valence-corrected chi connectivity index (χ1v) is 7.56. The fourth-order valence-electron chi connectivity index (χ4n) is 2.16. The van der Waals surface area contributed by atoms with Gasteiger partial charge in [0.15, 0.2) is 0 Å². The smallest absolute Gasteiger partial charge is 0.137 e. The van der Waals surface area contributed by atoms with Crippen molar-refractivity contribution in [3.05, 3.63) is 58.4 Å². The van der Waals surface area contributed by atoms with Crippen LogP contribution in [0.4, 0.5) is 5.00 Å². The number of rotatable bonds is 4. The number of methoxy groups -OCH3 is 1. The maximum absolute atomic E-state index is 6.14. The van der Waals surface area contributed by atoms with Crippen LogP contribution < -0.4 is 10.1 Å². The van der Waals surface area contributed by atoms with Crippen LogP contribution in [0.25, 0.3) is 11.1 Å². The van der Waals surface area contributed by atoms with E-state index in [1.54, 1.807) is 18.4 Å². The van der Waals surface area contributed by atoms with Gasteiger partial charge in [-0.2, -0.15) is 0 Å². The molecule has 1 heterocycles. The number of benzene rings is 1. The van der Waals surface area contributed by atoms with E-state index in [1.165, 1.54) is 16.1 Å². The van der Waals surface area contributed by atoms with Crippen LogP contribution in [0.1, 0.15) is 5.56 Å². The molecule has 0 saturated heterocycles. The Morgan fingerprint density at radius 3 is 2.90 bits per heavy atom. The van der Waals surface area contributed by atoms with Crippen molar-refractivity contribution in [1.29, 1.82) is 0 Å². The van der Waals surface area contributed by atoms with Crippen molar-refractivity contribution >= 4 is 27.9 Å². The molecule has 4 heteroatoms. The van der Waals surface area contributed by atoms with Crippen LogP contribution in [0, 0.1) is 0 Å². The van der Waals surface area contributed by atoms with E-state index < -0.39 is 0 Å². The van der Waals surface area contributed by atoms with E-state index in [2.05, 4.69) is 35.0 Å². The summed E-state index contributed by atoms with van der Waals surface area (Å²) in [5, 5.41) is 7.40. The topological polar surface area (TPSA) is 21.3 Å². The zero-order valence-electron chi connectivity index (χ0n) is 11.0. The van der Waals surface area contributed by atoms with Crippen molar-refractivity contribution < 1.29 is 4.74 Å². The van der Waals surface area contributed by atoms with Crippen molar-refractivity contribution in [3.8, 4) is 16.9 Å². The summed E-state index contributed by atoms with van der Waals surface area (Å²) >= 11 is 7.85. The van der Waals surface area contributed by atoms with Crippen molar-refractivity contribution in [2.24, 2.45) is 0 Å². The Hall–Kier alpha value is -1.71. The van der Waals surface area contributed by atoms with Gasteiger partial charge in [-0.1, -0.05) is 35.9 Å². The van der Waals surface area contributed by atoms with Gasteiger partial charge in [-0.05, 0) is 34.7 Å². The van der Waals surface area contributed by atoms with E-state index in [4.69, 9.17) is 16.3 Å². The average Bonchev–Trinajstić information content (AvgIpc) is 2.94. The molecule has 20 heavy (non-hydrogen) atoms. The van der Waals surface area contributed by atoms with E-state index >= 15 is 0 Å². The molecule has 0 radical (unpaired) electrons. The summed E-state index contributed by atoms with van der Waals surface area (Å²) in [6, 6.07) is 14.3. The zero-order valence-corrected chi connectivity index (χ0v) is 12.6. The fraction of sp³-hybridized carbons (Fsp3) is 0.125. The Labute approximate surface area is 127 Å². The first kappa shape index (κ1) is 13.3. The van der Waals surface area contributed by atoms with Gasteiger partial charge in [-0.15, -0.1) is 11.3 Å². The summed E-state index contributed by atoms with van der Waals surface area (Å²) in [6.45, 7) is 0.741. The minimum absolute atomic E-state index is 0.641. The molecule has 3 rings (SSSR count). The highest BCUT2D eigenvalue weighted by Crippen LogP contribution is 2.34. The molecule has 1 aliphatic heterocycles. The van der Waals surface area contributed by atoms with Gasteiger partial charge >= 0.3 is 0 Å². The summed E-state index contributed by atoms with van der Waals surface area (Å²) in [7, 11) is 1.62. The van der Waals surface area contributed by atoms with Crippen molar-refractivity contribution in [3.63, 3.8) is 0 Å². The lowest BCUT2D eigenvalue weighted by atomic mass is 10.2. The molecule has 0 amide bonds. The Morgan fingerprint density at radius 2 is 2.10 bits per heavy atom. The lowest BCUT2D eigenvalue weighted by Crippen LogP contribution is -1.99. The molecule has 1 aliphatic carbocycles. The average molecular weight is 304 g/mol. The van der Waals surface area contributed by atoms with E-state index in [0.29, 0.717) is 10.8 Å². The first-order chi connectivity index (χ1) is 9.78.